The fourth-order valence-corrected chi connectivity index (χ4v) is 10.1. The third-order valence-corrected chi connectivity index (χ3v) is 12.2. The topological polar surface area (TPSA) is 207 Å². The first-order valence-electron chi connectivity index (χ1n) is 14.9. The predicted octanol–water partition coefficient (Wildman–Crippen LogP) is -1.51. The van der Waals surface area contributed by atoms with Gasteiger partial charge in [0, 0.05) is 30.3 Å². The average Bonchev–Trinajstić information content (AvgIpc) is 3.45. The Labute approximate surface area is 238 Å². The second-order valence-corrected chi connectivity index (χ2v) is 13.8. The van der Waals surface area contributed by atoms with E-state index in [1.54, 1.807) is 0 Å². The highest BCUT2D eigenvalue weighted by atomic mass is 16.7. The molecule has 0 radical (unpaired) electrons. The van der Waals surface area contributed by atoms with Crippen molar-refractivity contribution in [2.24, 2.45) is 28.6 Å². The molecule has 5 fully saturated rings. The first-order valence-corrected chi connectivity index (χ1v) is 14.9. The molecular formula is C29H44O12. The van der Waals surface area contributed by atoms with Crippen LogP contribution in [0.3, 0.4) is 0 Å². The van der Waals surface area contributed by atoms with Crippen LogP contribution in [0.15, 0.2) is 11.6 Å². The summed E-state index contributed by atoms with van der Waals surface area (Å²) in [4.78, 5) is 11.8. The van der Waals surface area contributed by atoms with Crippen LogP contribution in [0, 0.1) is 28.6 Å². The Morgan fingerprint density at radius 2 is 1.76 bits per heavy atom. The van der Waals surface area contributed by atoms with E-state index < -0.39 is 95.5 Å². The van der Waals surface area contributed by atoms with Crippen molar-refractivity contribution in [3.8, 4) is 0 Å². The van der Waals surface area contributed by atoms with E-state index in [4.69, 9.17) is 14.2 Å². The van der Waals surface area contributed by atoms with Gasteiger partial charge in [0.25, 0.3) is 0 Å². The van der Waals surface area contributed by atoms with Crippen molar-refractivity contribution in [1.82, 2.24) is 0 Å². The molecule has 0 bridgehead atoms. The molecule has 0 aromatic rings. The van der Waals surface area contributed by atoms with Gasteiger partial charge in [-0.05, 0) is 56.4 Å². The highest BCUT2D eigenvalue weighted by molar-refractivity contribution is 5.85. The van der Waals surface area contributed by atoms with Crippen molar-refractivity contribution in [2.75, 3.05) is 13.2 Å². The first-order chi connectivity index (χ1) is 19.2. The Bertz CT molecular complexity index is 1080. The van der Waals surface area contributed by atoms with Gasteiger partial charge in [-0.3, -0.25) is 0 Å². The Hall–Kier alpha value is -1.19. The molecule has 6 rings (SSSR count). The number of rotatable bonds is 4. The first kappa shape index (κ1) is 29.9. The minimum atomic E-state index is -1.67. The maximum atomic E-state index is 12.4. The molecule has 8 N–H and O–H groups in total. The number of aliphatic hydroxyl groups excluding tert-OH is 6. The van der Waals surface area contributed by atoms with E-state index >= 15 is 0 Å². The van der Waals surface area contributed by atoms with Gasteiger partial charge in [0.2, 0.25) is 0 Å². The van der Waals surface area contributed by atoms with Gasteiger partial charge in [-0.2, -0.15) is 0 Å². The predicted molar refractivity (Wildman–Crippen MR) is 139 cm³/mol. The number of ether oxygens (including phenoxy) is 3. The van der Waals surface area contributed by atoms with E-state index in [1.807, 2.05) is 6.92 Å². The lowest BCUT2D eigenvalue weighted by molar-refractivity contribution is -0.342. The van der Waals surface area contributed by atoms with Crippen LogP contribution in [-0.2, 0) is 19.0 Å². The van der Waals surface area contributed by atoms with Crippen LogP contribution < -0.4 is 0 Å². The molecule has 2 heterocycles. The zero-order chi connectivity index (χ0) is 29.7. The Morgan fingerprint density at radius 3 is 2.41 bits per heavy atom. The zero-order valence-electron chi connectivity index (χ0n) is 23.5. The van der Waals surface area contributed by atoms with E-state index in [1.165, 1.54) is 13.0 Å². The fourth-order valence-electron chi connectivity index (χ4n) is 10.1. The smallest absolute Gasteiger partial charge is 0.331 e. The van der Waals surface area contributed by atoms with E-state index in [0.717, 1.165) is 5.57 Å². The summed E-state index contributed by atoms with van der Waals surface area (Å²) < 4.78 is 16.7. The van der Waals surface area contributed by atoms with E-state index in [0.29, 0.717) is 19.3 Å². The SMILES string of the molecule is C[C@H]1OC(O[C@H]2C[C@@H](O)[C@]3(CO)[C@H]4[C@H](O)C[C@]5(C)[C@@H](C6=CC(=O)OC6)CC[C@]5(O)[C@@H]4CC[C@]3(O)C2)[C@H](O)[C@@H](O)[C@H]1O. The van der Waals surface area contributed by atoms with Gasteiger partial charge in [0.1, 0.15) is 24.9 Å². The molecule has 4 saturated carbocycles. The highest BCUT2D eigenvalue weighted by Crippen LogP contribution is 2.70. The molecule has 15 atom stereocenters. The van der Waals surface area contributed by atoms with E-state index in [-0.39, 0.29) is 38.2 Å². The van der Waals surface area contributed by atoms with Crippen LogP contribution in [0.4, 0.5) is 0 Å². The quantitative estimate of drug-likeness (QED) is 0.140. The molecule has 41 heavy (non-hydrogen) atoms. The van der Waals surface area contributed by atoms with Crippen LogP contribution in [-0.4, -0.2) is 120 Å². The summed E-state index contributed by atoms with van der Waals surface area (Å²) >= 11 is 0. The molecule has 12 heteroatoms. The van der Waals surface area contributed by atoms with Crippen molar-refractivity contribution in [1.29, 1.82) is 0 Å². The monoisotopic (exact) mass is 584 g/mol. The lowest BCUT2D eigenvalue weighted by Crippen LogP contribution is -2.76. The molecule has 6 aliphatic rings. The number of esters is 1. The molecule has 12 nitrogen and oxygen atoms in total. The number of cyclic esters (lactones) is 1. The van der Waals surface area contributed by atoms with Crippen molar-refractivity contribution < 1.29 is 59.9 Å². The number of hydrogen-bond donors (Lipinski definition) is 8. The van der Waals surface area contributed by atoms with Gasteiger partial charge in [-0.1, -0.05) is 6.92 Å². The van der Waals surface area contributed by atoms with Crippen molar-refractivity contribution in [3.05, 3.63) is 11.6 Å². The molecule has 0 spiro atoms. The average molecular weight is 585 g/mol. The Kier molecular flexibility index (Phi) is 7.22. The van der Waals surface area contributed by atoms with Crippen LogP contribution in [0.1, 0.15) is 58.8 Å². The van der Waals surface area contributed by atoms with Crippen molar-refractivity contribution in [3.63, 3.8) is 0 Å². The number of hydrogen-bond acceptors (Lipinski definition) is 12. The third-order valence-electron chi connectivity index (χ3n) is 12.2. The van der Waals surface area contributed by atoms with Gasteiger partial charge >= 0.3 is 5.97 Å². The van der Waals surface area contributed by atoms with Gasteiger partial charge in [0.15, 0.2) is 6.29 Å². The molecule has 0 aromatic heterocycles. The van der Waals surface area contributed by atoms with Crippen LogP contribution in [0.5, 0.6) is 0 Å². The van der Waals surface area contributed by atoms with E-state index in [9.17, 15) is 45.6 Å². The largest absolute Gasteiger partial charge is 0.458 e. The van der Waals surface area contributed by atoms with Crippen LogP contribution in [0.2, 0.25) is 0 Å². The summed E-state index contributed by atoms with van der Waals surface area (Å²) in [7, 11) is 0. The zero-order valence-corrected chi connectivity index (χ0v) is 23.5. The normalized spacial score (nSPS) is 56.9. The summed E-state index contributed by atoms with van der Waals surface area (Å²) in [5.41, 5.74) is -4.46. The lowest BCUT2D eigenvalue weighted by atomic mass is 9.40. The number of fused-ring (bicyclic) bond motifs is 5. The maximum Gasteiger partial charge on any atom is 0.331 e. The van der Waals surface area contributed by atoms with Crippen molar-refractivity contribution in [2.45, 2.75) is 119 Å². The standard InChI is InChI=1S/C29H44O12/c1-13-22(34)23(35)24(36)25(40-13)41-15-8-19(32)28(12-30)21-17(3-5-27(28,37)9-15)29(38)6-4-16(14-7-20(33)39-11-14)26(29,2)10-18(21)31/h7,13,15-19,21-25,30-32,34-38H,3-6,8-12H2,1-2H3/t13-,15+,16-,17-,18-,19-,21-,22+,23+,24-,25?,26-,27+,28-,29+/m1/s1. The second kappa shape index (κ2) is 9.91. The molecule has 2 aliphatic heterocycles. The van der Waals surface area contributed by atoms with Gasteiger partial charge in [-0.25, -0.2) is 4.79 Å². The van der Waals surface area contributed by atoms with Crippen molar-refractivity contribution >= 4 is 5.97 Å². The molecule has 0 aromatic carbocycles. The highest BCUT2D eigenvalue weighted by Gasteiger charge is 2.75. The Balaban J connectivity index is 1.28. The lowest BCUT2D eigenvalue weighted by Gasteiger charge is -2.68. The van der Waals surface area contributed by atoms with Crippen LogP contribution >= 0.6 is 0 Å². The number of carbonyl (C=O) groups is 1. The third kappa shape index (κ3) is 3.99. The summed E-state index contributed by atoms with van der Waals surface area (Å²) in [5, 5.41) is 89.6. The summed E-state index contributed by atoms with van der Waals surface area (Å²) in [6, 6.07) is 0. The molecule has 4 aliphatic carbocycles. The Morgan fingerprint density at radius 1 is 1.02 bits per heavy atom. The van der Waals surface area contributed by atoms with Crippen LogP contribution in [0.25, 0.3) is 0 Å². The summed E-state index contributed by atoms with van der Waals surface area (Å²) in [6.07, 6.45) is -6.68. The van der Waals surface area contributed by atoms with E-state index in [2.05, 4.69) is 0 Å². The fraction of sp³-hybridized carbons (Fsp3) is 0.897. The molecule has 232 valence electrons. The maximum absolute atomic E-state index is 12.4. The molecule has 1 unspecified atom stereocenters. The van der Waals surface area contributed by atoms with Gasteiger partial charge in [-0.15, -0.1) is 0 Å². The molecule has 1 saturated heterocycles. The number of carbonyl (C=O) groups excluding carboxylic acids is 1. The van der Waals surface area contributed by atoms with Gasteiger partial charge in [0.05, 0.1) is 47.6 Å². The minimum Gasteiger partial charge on any atom is -0.458 e. The summed E-state index contributed by atoms with van der Waals surface area (Å²) in [5.74, 6) is -1.93. The minimum absolute atomic E-state index is 0.0369. The molecule has 0 amide bonds. The second-order valence-electron chi connectivity index (χ2n) is 13.8. The number of aliphatic hydroxyl groups is 8. The van der Waals surface area contributed by atoms with Gasteiger partial charge < -0.3 is 55.1 Å². The molecular weight excluding hydrogens is 540 g/mol. The summed E-state index contributed by atoms with van der Waals surface area (Å²) in [6.45, 7) is 3.00.